The highest BCUT2D eigenvalue weighted by molar-refractivity contribution is 5.64. The minimum Gasteiger partial charge on any atom is -0.309 e. The van der Waals surface area contributed by atoms with Crippen LogP contribution in [0.2, 0.25) is 0 Å². The maximum Gasteiger partial charge on any atom is 0.0208 e. The maximum absolute atomic E-state index is 4.00. The first-order valence-electron chi connectivity index (χ1n) is 4.39. The van der Waals surface area contributed by atoms with E-state index in [-0.39, 0.29) is 0 Å². The van der Waals surface area contributed by atoms with Crippen LogP contribution < -0.4 is 5.32 Å². The molecule has 0 spiro atoms. The van der Waals surface area contributed by atoms with Gasteiger partial charge in [-0.25, -0.2) is 0 Å². The molecule has 1 nitrogen and oxygen atoms in total. The van der Waals surface area contributed by atoms with E-state index in [4.69, 9.17) is 0 Å². The quantitative estimate of drug-likeness (QED) is 0.533. The van der Waals surface area contributed by atoms with Crippen molar-refractivity contribution in [3.05, 3.63) is 55.1 Å². The van der Waals surface area contributed by atoms with E-state index in [0.29, 0.717) is 0 Å². The van der Waals surface area contributed by atoms with Crippen LogP contribution >= 0.6 is 0 Å². The molecule has 0 heterocycles. The van der Waals surface area contributed by atoms with Crippen molar-refractivity contribution in [2.45, 2.75) is 0 Å². The van der Waals surface area contributed by atoms with Crippen LogP contribution in [0, 0.1) is 0 Å². The molecule has 0 aromatic heterocycles. The summed E-state index contributed by atoms with van der Waals surface area (Å²) in [6.07, 6.45) is 1.85. The molecule has 0 unspecified atom stereocenters. The summed E-state index contributed by atoms with van der Waals surface area (Å²) in [7, 11) is 0. The third kappa shape index (κ3) is 3.26. The van der Waals surface area contributed by atoms with Gasteiger partial charge in [-0.2, -0.15) is 0 Å². The van der Waals surface area contributed by atoms with Gasteiger partial charge in [0.15, 0.2) is 0 Å². The van der Waals surface area contributed by atoms with Crippen molar-refractivity contribution in [1.29, 1.82) is 0 Å². The molecule has 13 heavy (non-hydrogen) atoms. The predicted molar refractivity (Wildman–Crippen MR) is 58.5 cm³/mol. The third-order valence-corrected chi connectivity index (χ3v) is 1.81. The smallest absolute Gasteiger partial charge is 0.0208 e. The van der Waals surface area contributed by atoms with Gasteiger partial charge >= 0.3 is 0 Å². The minimum atomic E-state index is 0.816. The van der Waals surface area contributed by atoms with Gasteiger partial charge in [0.1, 0.15) is 0 Å². The standard InChI is InChI=1S/C12H15N/c1-3-9-13-10-11(2)12-7-5-4-6-8-12/h3-8,13H,1-2,9-10H2. The Morgan fingerprint density at radius 1 is 1.31 bits per heavy atom. The summed E-state index contributed by atoms with van der Waals surface area (Å²) in [6.45, 7) is 9.28. The van der Waals surface area contributed by atoms with Crippen LogP contribution in [0.5, 0.6) is 0 Å². The predicted octanol–water partition coefficient (Wildman–Crippen LogP) is 2.48. The molecule has 1 aromatic carbocycles. The van der Waals surface area contributed by atoms with Crippen LogP contribution in [0.25, 0.3) is 5.57 Å². The molecule has 0 atom stereocenters. The molecule has 0 fully saturated rings. The Kier molecular flexibility index (Phi) is 4.00. The fourth-order valence-electron chi connectivity index (χ4n) is 1.10. The van der Waals surface area contributed by atoms with Crippen molar-refractivity contribution in [2.75, 3.05) is 13.1 Å². The van der Waals surface area contributed by atoms with Crippen LogP contribution in [-0.2, 0) is 0 Å². The molecule has 0 aliphatic carbocycles. The Morgan fingerprint density at radius 2 is 2.00 bits per heavy atom. The van der Waals surface area contributed by atoms with Gasteiger partial charge in [-0.05, 0) is 11.1 Å². The van der Waals surface area contributed by atoms with Crippen molar-refractivity contribution in [3.63, 3.8) is 0 Å². The third-order valence-electron chi connectivity index (χ3n) is 1.81. The Balaban J connectivity index is 2.45. The normalized spacial score (nSPS) is 9.54. The lowest BCUT2D eigenvalue weighted by Gasteiger charge is -2.05. The molecule has 0 amide bonds. The van der Waals surface area contributed by atoms with Gasteiger partial charge in [-0.1, -0.05) is 43.0 Å². The van der Waals surface area contributed by atoms with E-state index < -0.39 is 0 Å². The molecule has 0 aliphatic rings. The molecule has 1 rings (SSSR count). The summed E-state index contributed by atoms with van der Waals surface area (Å²) >= 11 is 0. The molecule has 1 heteroatoms. The number of benzene rings is 1. The Hall–Kier alpha value is -1.34. The Morgan fingerprint density at radius 3 is 2.62 bits per heavy atom. The van der Waals surface area contributed by atoms with Crippen molar-refractivity contribution in [2.24, 2.45) is 0 Å². The molecule has 0 radical (unpaired) electrons. The molecular formula is C12H15N. The number of nitrogens with one attached hydrogen (secondary N) is 1. The van der Waals surface area contributed by atoms with Gasteiger partial charge in [-0.3, -0.25) is 0 Å². The first-order chi connectivity index (χ1) is 6.34. The monoisotopic (exact) mass is 173 g/mol. The fourth-order valence-corrected chi connectivity index (χ4v) is 1.10. The average Bonchev–Trinajstić information content (AvgIpc) is 2.19. The number of hydrogen-bond donors (Lipinski definition) is 1. The molecule has 0 bridgehead atoms. The van der Waals surface area contributed by atoms with Crippen LogP contribution in [0.15, 0.2) is 49.6 Å². The molecule has 68 valence electrons. The molecule has 0 aliphatic heterocycles. The highest BCUT2D eigenvalue weighted by Gasteiger charge is 1.95. The lowest BCUT2D eigenvalue weighted by molar-refractivity contribution is 0.855. The Labute approximate surface area is 79.8 Å². The zero-order chi connectivity index (χ0) is 9.52. The summed E-state index contributed by atoms with van der Waals surface area (Å²) in [5, 5.41) is 3.22. The van der Waals surface area contributed by atoms with Crippen molar-refractivity contribution in [1.82, 2.24) is 5.32 Å². The zero-order valence-electron chi connectivity index (χ0n) is 7.79. The summed E-state index contributed by atoms with van der Waals surface area (Å²) in [4.78, 5) is 0. The molecular weight excluding hydrogens is 158 g/mol. The second-order valence-electron chi connectivity index (χ2n) is 2.89. The van der Waals surface area contributed by atoms with Gasteiger partial charge in [-0.15, -0.1) is 6.58 Å². The van der Waals surface area contributed by atoms with Gasteiger partial charge in [0.05, 0.1) is 0 Å². The SMILES string of the molecule is C=CCNCC(=C)c1ccccc1. The maximum atomic E-state index is 4.00. The van der Waals surface area contributed by atoms with Gasteiger partial charge in [0.25, 0.3) is 0 Å². The van der Waals surface area contributed by atoms with Crippen molar-refractivity contribution >= 4 is 5.57 Å². The van der Waals surface area contributed by atoms with Gasteiger partial charge in [0.2, 0.25) is 0 Å². The highest BCUT2D eigenvalue weighted by atomic mass is 14.8. The molecule has 1 aromatic rings. The number of hydrogen-bond acceptors (Lipinski definition) is 1. The Bertz CT molecular complexity index is 274. The average molecular weight is 173 g/mol. The highest BCUT2D eigenvalue weighted by Crippen LogP contribution is 2.09. The summed E-state index contributed by atoms with van der Waals surface area (Å²) < 4.78 is 0. The first-order valence-corrected chi connectivity index (χ1v) is 4.39. The van der Waals surface area contributed by atoms with Crippen LogP contribution in [0.1, 0.15) is 5.56 Å². The van der Waals surface area contributed by atoms with Crippen molar-refractivity contribution in [3.8, 4) is 0 Å². The molecule has 1 N–H and O–H groups in total. The summed E-state index contributed by atoms with van der Waals surface area (Å²) in [6, 6.07) is 10.2. The van der Waals surface area contributed by atoms with Gasteiger partial charge < -0.3 is 5.32 Å². The molecule has 0 saturated heterocycles. The van der Waals surface area contributed by atoms with Gasteiger partial charge in [0, 0.05) is 13.1 Å². The van der Waals surface area contributed by atoms with Crippen LogP contribution in [0.4, 0.5) is 0 Å². The molecule has 0 saturated carbocycles. The lowest BCUT2D eigenvalue weighted by Crippen LogP contribution is -2.15. The van der Waals surface area contributed by atoms with Crippen LogP contribution in [0.3, 0.4) is 0 Å². The largest absolute Gasteiger partial charge is 0.309 e. The van der Waals surface area contributed by atoms with E-state index in [2.05, 4.69) is 30.6 Å². The zero-order valence-corrected chi connectivity index (χ0v) is 7.79. The van der Waals surface area contributed by atoms with Crippen LogP contribution in [-0.4, -0.2) is 13.1 Å². The van der Waals surface area contributed by atoms with E-state index in [1.54, 1.807) is 0 Å². The summed E-state index contributed by atoms with van der Waals surface area (Å²) in [5.41, 5.74) is 2.31. The van der Waals surface area contributed by atoms with E-state index in [9.17, 15) is 0 Å². The lowest BCUT2D eigenvalue weighted by atomic mass is 10.1. The minimum absolute atomic E-state index is 0.816. The second-order valence-corrected chi connectivity index (χ2v) is 2.89. The van der Waals surface area contributed by atoms with Crippen molar-refractivity contribution < 1.29 is 0 Å². The van der Waals surface area contributed by atoms with E-state index in [0.717, 1.165) is 18.7 Å². The second kappa shape index (κ2) is 5.33. The summed E-state index contributed by atoms with van der Waals surface area (Å²) in [5.74, 6) is 0. The first kappa shape index (κ1) is 9.75. The van der Waals surface area contributed by atoms with E-state index in [1.807, 2.05) is 24.3 Å². The van der Waals surface area contributed by atoms with E-state index >= 15 is 0 Å². The van der Waals surface area contributed by atoms with E-state index in [1.165, 1.54) is 5.56 Å². The number of rotatable bonds is 5. The topological polar surface area (TPSA) is 12.0 Å². The fraction of sp³-hybridized carbons (Fsp3) is 0.167.